The van der Waals surface area contributed by atoms with Crippen molar-refractivity contribution in [2.45, 2.75) is 81.6 Å². The molecule has 1 saturated carbocycles. The number of aromatic nitrogens is 3. The van der Waals surface area contributed by atoms with Crippen molar-refractivity contribution in [3.63, 3.8) is 0 Å². The molecule has 0 atom stereocenters. The Kier molecular flexibility index (Phi) is 5.88. The van der Waals surface area contributed by atoms with Crippen LogP contribution in [-0.2, 0) is 15.4 Å². The third-order valence-electron chi connectivity index (χ3n) is 6.37. The first kappa shape index (κ1) is 24.1. The number of ether oxygens (including phenoxy) is 1. The van der Waals surface area contributed by atoms with E-state index in [0.29, 0.717) is 58.2 Å². The second-order valence-electron chi connectivity index (χ2n) is 9.77. The molecule has 10 heteroatoms. The Balaban J connectivity index is 1.86. The molecule has 2 aromatic heterocycles. The van der Waals surface area contributed by atoms with Gasteiger partial charge in [-0.25, -0.2) is 17.9 Å². The number of fused-ring (bicyclic) bond motifs is 1. The van der Waals surface area contributed by atoms with Crippen LogP contribution in [0.25, 0.3) is 16.2 Å². The molecular weight excluding hydrogens is 462 g/mol. The summed E-state index contributed by atoms with van der Waals surface area (Å²) in [6, 6.07) is 3.52. The van der Waals surface area contributed by atoms with Crippen LogP contribution < -0.4 is 4.74 Å². The highest BCUT2D eigenvalue weighted by atomic mass is 32.2. The largest absolute Gasteiger partial charge is 0.495 e. The van der Waals surface area contributed by atoms with Crippen molar-refractivity contribution in [2.75, 3.05) is 7.11 Å². The molecule has 2 N–H and O–H groups in total. The third kappa shape index (κ3) is 4.29. The maximum atomic E-state index is 13.7. The van der Waals surface area contributed by atoms with Gasteiger partial charge in [-0.3, -0.25) is 0 Å². The zero-order chi connectivity index (χ0) is 24.3. The minimum atomic E-state index is -3.70. The molecule has 4 rings (SSSR count). The predicted molar refractivity (Wildman–Crippen MR) is 128 cm³/mol. The van der Waals surface area contributed by atoms with Gasteiger partial charge in [0.2, 0.25) is 4.96 Å². The molecule has 1 aromatic carbocycles. The Hall–Kier alpha value is -2.01. The normalized spacial score (nSPS) is 22.1. The summed E-state index contributed by atoms with van der Waals surface area (Å²) in [6.45, 7) is 8.77. The van der Waals surface area contributed by atoms with Crippen LogP contribution in [0, 0.1) is 13.8 Å². The molecule has 1 fully saturated rings. The number of imidazole rings is 1. The van der Waals surface area contributed by atoms with Gasteiger partial charge in [-0.05, 0) is 78.0 Å². The zero-order valence-corrected chi connectivity index (χ0v) is 21.5. The minimum absolute atomic E-state index is 0.152. The van der Waals surface area contributed by atoms with Gasteiger partial charge < -0.3 is 14.9 Å². The highest BCUT2D eigenvalue weighted by Crippen LogP contribution is 2.41. The van der Waals surface area contributed by atoms with Crippen molar-refractivity contribution in [1.29, 1.82) is 0 Å². The molecular formula is C23H31N3O5S2. The summed E-state index contributed by atoms with van der Waals surface area (Å²) in [5.41, 5.74) is 0.846. The molecule has 1 aliphatic rings. The Morgan fingerprint density at radius 1 is 1.24 bits per heavy atom. The van der Waals surface area contributed by atoms with Crippen molar-refractivity contribution in [3.8, 4) is 17.0 Å². The molecule has 1 aliphatic carbocycles. The predicted octanol–water partition coefficient (Wildman–Crippen LogP) is 3.78. The van der Waals surface area contributed by atoms with Crippen molar-refractivity contribution >= 4 is 26.1 Å². The number of hydrogen-bond acceptors (Lipinski definition) is 8. The molecule has 0 unspecified atom stereocenters. The van der Waals surface area contributed by atoms with Crippen LogP contribution in [0.15, 0.2) is 17.0 Å². The average Bonchev–Trinajstić information content (AvgIpc) is 3.23. The molecule has 0 bridgehead atoms. The maximum absolute atomic E-state index is 13.7. The van der Waals surface area contributed by atoms with Crippen LogP contribution in [0.4, 0.5) is 0 Å². The molecule has 180 valence electrons. The Labute approximate surface area is 198 Å². The Morgan fingerprint density at radius 3 is 2.45 bits per heavy atom. The van der Waals surface area contributed by atoms with Crippen LogP contribution in [0.2, 0.25) is 0 Å². The standard InChI is InChI=1S/C23H31N3O5S2/c1-13-11-15(18-14(2)24-21-26(18)25-20(32-21)22(3,4)27)12-17(19(13)31-6)33(29,30)16-7-9-23(5,28)10-8-16/h11-12,16,27-28H,7-10H2,1-6H3/t16-,23+. The Bertz CT molecular complexity index is 1310. The second kappa shape index (κ2) is 8.04. The van der Waals surface area contributed by atoms with E-state index >= 15 is 0 Å². The minimum Gasteiger partial charge on any atom is -0.495 e. The first-order valence-corrected chi connectivity index (χ1v) is 13.4. The summed E-state index contributed by atoms with van der Waals surface area (Å²) in [7, 11) is -2.22. The number of sulfone groups is 1. The average molecular weight is 494 g/mol. The summed E-state index contributed by atoms with van der Waals surface area (Å²) >= 11 is 1.30. The van der Waals surface area contributed by atoms with E-state index in [4.69, 9.17) is 4.74 Å². The highest BCUT2D eigenvalue weighted by Gasteiger charge is 2.38. The first-order valence-electron chi connectivity index (χ1n) is 11.0. The third-order valence-corrected chi connectivity index (χ3v) is 9.86. The fourth-order valence-corrected chi connectivity index (χ4v) is 7.44. The van der Waals surface area contributed by atoms with Crippen LogP contribution in [0.3, 0.4) is 0 Å². The number of rotatable bonds is 5. The van der Waals surface area contributed by atoms with Gasteiger partial charge in [0, 0.05) is 5.56 Å². The van der Waals surface area contributed by atoms with Crippen LogP contribution >= 0.6 is 11.3 Å². The van der Waals surface area contributed by atoms with Gasteiger partial charge in [-0.15, -0.1) is 0 Å². The van der Waals surface area contributed by atoms with E-state index < -0.39 is 26.3 Å². The van der Waals surface area contributed by atoms with E-state index in [1.807, 2.05) is 19.9 Å². The molecule has 8 nitrogen and oxygen atoms in total. The number of aryl methyl sites for hydroxylation is 2. The van der Waals surface area contributed by atoms with Gasteiger partial charge in [0.15, 0.2) is 9.84 Å². The molecule has 0 saturated heterocycles. The summed E-state index contributed by atoms with van der Waals surface area (Å²) in [5.74, 6) is 0.338. The number of benzene rings is 1. The summed E-state index contributed by atoms with van der Waals surface area (Å²) < 4.78 is 34.6. The molecule has 2 heterocycles. The van der Waals surface area contributed by atoms with E-state index in [1.54, 1.807) is 31.4 Å². The monoisotopic (exact) mass is 493 g/mol. The smallest absolute Gasteiger partial charge is 0.213 e. The lowest BCUT2D eigenvalue weighted by molar-refractivity contribution is 0.0234. The summed E-state index contributed by atoms with van der Waals surface area (Å²) in [5, 5.41) is 25.2. The molecule has 33 heavy (non-hydrogen) atoms. The zero-order valence-electron chi connectivity index (χ0n) is 19.8. The lowest BCUT2D eigenvalue weighted by Gasteiger charge is -2.33. The quantitative estimate of drug-likeness (QED) is 0.556. The number of hydrogen-bond donors (Lipinski definition) is 2. The van der Waals surface area contributed by atoms with Crippen LogP contribution in [0.5, 0.6) is 5.75 Å². The second-order valence-corrected chi connectivity index (χ2v) is 12.9. The van der Waals surface area contributed by atoms with Crippen LogP contribution in [0.1, 0.15) is 62.7 Å². The van der Waals surface area contributed by atoms with E-state index in [9.17, 15) is 18.6 Å². The van der Waals surface area contributed by atoms with E-state index in [1.165, 1.54) is 18.4 Å². The number of aliphatic hydroxyl groups is 2. The first-order chi connectivity index (χ1) is 15.2. The number of methoxy groups -OCH3 is 1. The van der Waals surface area contributed by atoms with Gasteiger partial charge in [-0.2, -0.15) is 5.10 Å². The maximum Gasteiger partial charge on any atom is 0.213 e. The fourth-order valence-electron chi connectivity index (χ4n) is 4.48. The summed E-state index contributed by atoms with van der Waals surface area (Å²) in [6.07, 6.45) is 1.69. The highest BCUT2D eigenvalue weighted by molar-refractivity contribution is 7.92. The fraction of sp³-hybridized carbons (Fsp3) is 0.565. The van der Waals surface area contributed by atoms with Crippen molar-refractivity contribution in [2.24, 2.45) is 0 Å². The SMILES string of the molecule is COc1c(C)cc(-c2c(C)nc3sc(C(C)(C)O)nn23)cc1S(=O)(=O)[C@H]1CC[C@@](C)(O)CC1. The van der Waals surface area contributed by atoms with E-state index in [-0.39, 0.29) is 4.90 Å². The lowest BCUT2D eigenvalue weighted by Crippen LogP contribution is -2.36. The van der Waals surface area contributed by atoms with Gasteiger partial charge in [0.05, 0.1) is 29.3 Å². The lowest BCUT2D eigenvalue weighted by atomic mass is 9.86. The molecule has 0 radical (unpaired) electrons. The van der Waals surface area contributed by atoms with E-state index in [2.05, 4.69) is 10.1 Å². The molecule has 3 aromatic rings. The Morgan fingerprint density at radius 2 is 1.88 bits per heavy atom. The molecule has 0 spiro atoms. The van der Waals surface area contributed by atoms with Crippen molar-refractivity contribution in [1.82, 2.24) is 14.6 Å². The van der Waals surface area contributed by atoms with Crippen LogP contribution in [-0.4, -0.2) is 51.2 Å². The molecule has 0 aliphatic heterocycles. The van der Waals surface area contributed by atoms with Crippen molar-refractivity contribution in [3.05, 3.63) is 28.4 Å². The topological polar surface area (TPSA) is 114 Å². The van der Waals surface area contributed by atoms with Gasteiger partial charge >= 0.3 is 0 Å². The van der Waals surface area contributed by atoms with E-state index in [0.717, 1.165) is 5.69 Å². The number of nitrogens with zero attached hydrogens (tertiary/aromatic N) is 3. The van der Waals surface area contributed by atoms with Crippen molar-refractivity contribution < 1.29 is 23.4 Å². The molecule has 0 amide bonds. The summed E-state index contributed by atoms with van der Waals surface area (Å²) in [4.78, 5) is 5.38. The van der Waals surface area contributed by atoms with Gasteiger partial charge in [0.1, 0.15) is 21.3 Å². The van der Waals surface area contributed by atoms with Gasteiger partial charge in [0.25, 0.3) is 0 Å². The van der Waals surface area contributed by atoms with Gasteiger partial charge in [-0.1, -0.05) is 11.3 Å².